The van der Waals surface area contributed by atoms with E-state index in [2.05, 4.69) is 35.4 Å². The average molecular weight is 286 g/mol. The molecule has 2 heteroatoms. The van der Waals surface area contributed by atoms with Crippen molar-refractivity contribution >= 4 is 10.8 Å². The van der Waals surface area contributed by atoms with Crippen LogP contribution < -0.4 is 0 Å². The number of hydrogen-bond donors (Lipinski definition) is 0. The number of benzene rings is 2. The van der Waals surface area contributed by atoms with Gasteiger partial charge in [-0.25, -0.2) is 0 Å². The van der Waals surface area contributed by atoms with E-state index in [1.54, 1.807) is 0 Å². The SMILES string of the molecule is C=CCCc1c2ccccc2c(C#N)n1Cc1ccccc1. The fourth-order valence-corrected chi connectivity index (χ4v) is 2.94. The summed E-state index contributed by atoms with van der Waals surface area (Å²) in [5.41, 5.74) is 3.17. The van der Waals surface area contributed by atoms with Crippen molar-refractivity contribution in [3.63, 3.8) is 0 Å². The molecule has 0 saturated carbocycles. The fourth-order valence-electron chi connectivity index (χ4n) is 2.94. The van der Waals surface area contributed by atoms with Gasteiger partial charge in [-0.1, -0.05) is 60.7 Å². The van der Waals surface area contributed by atoms with Crippen LogP contribution in [0.25, 0.3) is 10.8 Å². The molecule has 0 atom stereocenters. The highest BCUT2D eigenvalue weighted by Crippen LogP contribution is 2.28. The van der Waals surface area contributed by atoms with Gasteiger partial charge in [0.2, 0.25) is 0 Å². The van der Waals surface area contributed by atoms with Crippen molar-refractivity contribution in [1.29, 1.82) is 5.26 Å². The first-order valence-electron chi connectivity index (χ1n) is 7.50. The molecule has 0 unspecified atom stereocenters. The molecule has 3 aromatic rings. The summed E-state index contributed by atoms with van der Waals surface area (Å²) in [4.78, 5) is 0. The topological polar surface area (TPSA) is 28.7 Å². The molecule has 1 aromatic heterocycles. The molecule has 0 aliphatic rings. The number of fused-ring (bicyclic) bond motifs is 1. The largest absolute Gasteiger partial charge is 0.331 e. The molecule has 2 nitrogen and oxygen atoms in total. The number of nitrogens with zero attached hydrogens (tertiary/aromatic N) is 2. The van der Waals surface area contributed by atoms with Crippen molar-refractivity contribution in [1.82, 2.24) is 4.57 Å². The van der Waals surface area contributed by atoms with Crippen molar-refractivity contribution in [2.75, 3.05) is 0 Å². The molecule has 0 bridgehead atoms. The van der Waals surface area contributed by atoms with Gasteiger partial charge in [-0.05, 0) is 18.4 Å². The summed E-state index contributed by atoms with van der Waals surface area (Å²) in [6.07, 6.45) is 3.74. The maximum atomic E-state index is 9.64. The molecule has 108 valence electrons. The Morgan fingerprint density at radius 2 is 1.68 bits per heavy atom. The van der Waals surface area contributed by atoms with Gasteiger partial charge in [0.25, 0.3) is 0 Å². The number of allylic oxidation sites excluding steroid dienone is 1. The number of rotatable bonds is 5. The molecule has 22 heavy (non-hydrogen) atoms. The van der Waals surface area contributed by atoms with Crippen LogP contribution in [-0.4, -0.2) is 4.57 Å². The molecule has 0 radical (unpaired) electrons. The van der Waals surface area contributed by atoms with Gasteiger partial charge in [-0.15, -0.1) is 6.58 Å². The molecular formula is C20H18N2. The zero-order valence-corrected chi connectivity index (χ0v) is 12.5. The Bertz CT molecular complexity index is 835. The second-order valence-electron chi connectivity index (χ2n) is 5.35. The van der Waals surface area contributed by atoms with Gasteiger partial charge >= 0.3 is 0 Å². The lowest BCUT2D eigenvalue weighted by Crippen LogP contribution is -2.06. The summed E-state index contributed by atoms with van der Waals surface area (Å²) >= 11 is 0. The molecule has 0 aliphatic carbocycles. The molecule has 2 aromatic carbocycles. The second kappa shape index (κ2) is 6.32. The van der Waals surface area contributed by atoms with E-state index in [1.165, 1.54) is 16.6 Å². The van der Waals surface area contributed by atoms with Gasteiger partial charge in [0.15, 0.2) is 0 Å². The lowest BCUT2D eigenvalue weighted by atomic mass is 10.1. The Kier molecular flexibility index (Phi) is 4.07. The van der Waals surface area contributed by atoms with Crippen LogP contribution in [0.15, 0.2) is 67.3 Å². The van der Waals surface area contributed by atoms with E-state index in [-0.39, 0.29) is 0 Å². The van der Waals surface area contributed by atoms with Crippen molar-refractivity contribution in [2.45, 2.75) is 19.4 Å². The van der Waals surface area contributed by atoms with Crippen LogP contribution in [0.5, 0.6) is 0 Å². The van der Waals surface area contributed by atoms with Gasteiger partial charge in [-0.3, -0.25) is 0 Å². The van der Waals surface area contributed by atoms with Gasteiger partial charge in [0.05, 0.1) is 0 Å². The van der Waals surface area contributed by atoms with Gasteiger partial charge in [-0.2, -0.15) is 5.26 Å². The third kappa shape index (κ3) is 2.54. The third-order valence-corrected chi connectivity index (χ3v) is 3.96. The fraction of sp³-hybridized carbons (Fsp3) is 0.150. The number of hydrogen-bond acceptors (Lipinski definition) is 1. The lowest BCUT2D eigenvalue weighted by molar-refractivity contribution is 0.734. The average Bonchev–Trinajstić information content (AvgIpc) is 2.86. The summed E-state index contributed by atoms with van der Waals surface area (Å²) in [6, 6.07) is 20.8. The lowest BCUT2D eigenvalue weighted by Gasteiger charge is -2.10. The Hall–Kier alpha value is -2.79. The minimum Gasteiger partial charge on any atom is -0.331 e. The Balaban J connectivity index is 2.17. The highest BCUT2D eigenvalue weighted by atomic mass is 15.0. The molecule has 0 aliphatic heterocycles. The minimum atomic E-state index is 0.727. The van der Waals surface area contributed by atoms with Crippen LogP contribution >= 0.6 is 0 Å². The molecule has 0 fully saturated rings. The van der Waals surface area contributed by atoms with E-state index >= 15 is 0 Å². The van der Waals surface area contributed by atoms with Gasteiger partial charge in [0.1, 0.15) is 11.8 Å². The van der Waals surface area contributed by atoms with E-state index in [4.69, 9.17) is 0 Å². The summed E-state index contributed by atoms with van der Waals surface area (Å²) in [6.45, 7) is 4.55. The van der Waals surface area contributed by atoms with Crippen molar-refractivity contribution < 1.29 is 0 Å². The van der Waals surface area contributed by atoms with Crippen LogP contribution in [0.1, 0.15) is 23.4 Å². The highest BCUT2D eigenvalue weighted by molar-refractivity contribution is 5.90. The van der Waals surface area contributed by atoms with Crippen LogP contribution in [0.2, 0.25) is 0 Å². The standard InChI is InChI=1S/C20H18N2/c1-2-3-13-19-17-11-7-8-12-18(17)20(14-21)22(19)15-16-9-5-4-6-10-16/h2,4-12H,1,3,13,15H2. The maximum absolute atomic E-state index is 9.64. The van der Waals surface area contributed by atoms with E-state index in [0.29, 0.717) is 0 Å². The normalized spacial score (nSPS) is 10.5. The summed E-state index contributed by atoms with van der Waals surface area (Å²) < 4.78 is 2.16. The number of aryl methyl sites for hydroxylation is 1. The number of aromatic nitrogens is 1. The van der Waals surface area contributed by atoms with Crippen molar-refractivity contribution in [3.8, 4) is 6.07 Å². The Morgan fingerprint density at radius 1 is 1.00 bits per heavy atom. The van der Waals surface area contributed by atoms with Crippen molar-refractivity contribution in [2.24, 2.45) is 0 Å². The molecule has 1 heterocycles. The number of nitriles is 1. The molecule has 0 N–H and O–H groups in total. The molecule has 0 saturated heterocycles. The maximum Gasteiger partial charge on any atom is 0.128 e. The Labute approximate surface area is 130 Å². The summed E-state index contributed by atoms with van der Waals surface area (Å²) in [5.74, 6) is 0. The zero-order valence-electron chi connectivity index (χ0n) is 12.5. The first-order valence-corrected chi connectivity index (χ1v) is 7.50. The monoisotopic (exact) mass is 286 g/mol. The molecular weight excluding hydrogens is 268 g/mol. The molecule has 3 rings (SSSR count). The van der Waals surface area contributed by atoms with E-state index < -0.39 is 0 Å². The molecule has 0 amide bonds. The first kappa shape index (κ1) is 14.2. The van der Waals surface area contributed by atoms with Crippen LogP contribution in [-0.2, 0) is 13.0 Å². The van der Waals surface area contributed by atoms with Crippen LogP contribution in [0.4, 0.5) is 0 Å². The third-order valence-electron chi connectivity index (χ3n) is 3.96. The summed E-state index contributed by atoms with van der Waals surface area (Å²) in [7, 11) is 0. The first-order chi connectivity index (χ1) is 10.8. The molecule has 0 spiro atoms. The van der Waals surface area contributed by atoms with E-state index in [0.717, 1.165) is 30.5 Å². The summed E-state index contributed by atoms with van der Waals surface area (Å²) in [5, 5.41) is 11.9. The zero-order chi connectivity index (χ0) is 15.4. The predicted molar refractivity (Wildman–Crippen MR) is 90.7 cm³/mol. The minimum absolute atomic E-state index is 0.727. The van der Waals surface area contributed by atoms with E-state index in [9.17, 15) is 5.26 Å². The quantitative estimate of drug-likeness (QED) is 0.626. The van der Waals surface area contributed by atoms with E-state index in [1.807, 2.05) is 42.5 Å². The van der Waals surface area contributed by atoms with Crippen LogP contribution in [0.3, 0.4) is 0 Å². The van der Waals surface area contributed by atoms with Crippen molar-refractivity contribution in [3.05, 3.63) is 84.2 Å². The second-order valence-corrected chi connectivity index (χ2v) is 5.35. The smallest absolute Gasteiger partial charge is 0.128 e. The van der Waals surface area contributed by atoms with Gasteiger partial charge in [0, 0.05) is 23.0 Å². The highest BCUT2D eigenvalue weighted by Gasteiger charge is 2.15. The van der Waals surface area contributed by atoms with Crippen LogP contribution in [0, 0.1) is 11.3 Å². The van der Waals surface area contributed by atoms with Gasteiger partial charge < -0.3 is 4.57 Å². The predicted octanol–water partition coefficient (Wildman–Crippen LogP) is 4.68. The Morgan fingerprint density at radius 3 is 2.36 bits per heavy atom.